The van der Waals surface area contributed by atoms with Gasteiger partial charge in [-0.25, -0.2) is 0 Å². The van der Waals surface area contributed by atoms with Crippen molar-refractivity contribution in [2.75, 3.05) is 21.3 Å². The zero-order chi connectivity index (χ0) is 18.6. The Morgan fingerprint density at radius 2 is 0.720 bits per heavy atom. The average Bonchev–Trinajstić information content (AvgIpc) is 2.65. The topological polar surface area (TPSA) is 27.7 Å². The Bertz CT molecular complexity index is 249. The number of rotatable bonds is 20. The van der Waals surface area contributed by atoms with Gasteiger partial charge in [0.2, 0.25) is 0 Å². The van der Waals surface area contributed by atoms with E-state index in [-0.39, 0.29) is 0 Å². The maximum absolute atomic E-state index is 5.53. The van der Waals surface area contributed by atoms with E-state index in [2.05, 4.69) is 6.92 Å². The van der Waals surface area contributed by atoms with Crippen LogP contribution in [-0.4, -0.2) is 21.3 Å². The Hall–Kier alpha value is 0.763. The van der Waals surface area contributed by atoms with E-state index >= 15 is 0 Å². The zero-order valence-electron chi connectivity index (χ0n) is 17.7. The summed E-state index contributed by atoms with van der Waals surface area (Å²) in [4.78, 5) is 0. The molecule has 152 valence electrons. The van der Waals surface area contributed by atoms with Crippen molar-refractivity contribution in [3.63, 3.8) is 0 Å². The van der Waals surface area contributed by atoms with Crippen molar-refractivity contribution in [2.45, 2.75) is 114 Å². The molecular weight excluding hydrogens is 391 g/mol. The van der Waals surface area contributed by atoms with Crippen LogP contribution in [0, 0.1) is 0 Å². The Balaban J connectivity index is 3.21. The van der Waals surface area contributed by atoms with Crippen molar-refractivity contribution in [3.05, 3.63) is 0 Å². The first-order chi connectivity index (χ1) is 12.2. The van der Waals surface area contributed by atoms with Crippen LogP contribution >= 0.6 is 0 Å². The fourth-order valence-electron chi connectivity index (χ4n) is 3.45. The molecule has 0 radical (unpaired) electrons. The summed E-state index contributed by atoms with van der Waals surface area (Å²) in [6.45, 7) is 2.29. The monoisotopic (exact) mass is 436 g/mol. The second-order valence-electron chi connectivity index (χ2n) is 7.35. The van der Waals surface area contributed by atoms with Crippen LogP contribution in [0.1, 0.15) is 110 Å². The standard InChI is InChI=1S/C18H37.3CH3O.Zr/c1-3-5-7-9-11-13-15-17-18-16-14-12-10-8-6-4-2;3*1-2;/h1,3-18H2,2H3;3*1H3;/q;3*-1;+3. The third-order valence-corrected chi connectivity index (χ3v) is 12.2. The van der Waals surface area contributed by atoms with E-state index in [1.165, 1.54) is 103 Å². The Morgan fingerprint density at radius 3 is 1.00 bits per heavy atom. The average molecular weight is 438 g/mol. The molecule has 0 aliphatic carbocycles. The molecule has 3 nitrogen and oxygen atoms in total. The maximum atomic E-state index is 5.53. The minimum absolute atomic E-state index is 1.01. The fraction of sp³-hybridized carbons (Fsp3) is 1.00. The number of hydrogen-bond acceptors (Lipinski definition) is 3. The molecular formula is C21H46O3Zr. The van der Waals surface area contributed by atoms with Crippen molar-refractivity contribution >= 4 is 0 Å². The molecule has 0 aliphatic rings. The summed E-state index contributed by atoms with van der Waals surface area (Å²) < 4.78 is 17.6. The predicted molar refractivity (Wildman–Crippen MR) is 105 cm³/mol. The summed E-state index contributed by atoms with van der Waals surface area (Å²) in [5.74, 6) is 0. The molecule has 0 aromatic carbocycles. The SMILES string of the molecule is CCCCCCCCCCCCCCCCC[CH2][Zr]([O]C)([O]C)[O]C. The van der Waals surface area contributed by atoms with Gasteiger partial charge in [0, 0.05) is 0 Å². The summed E-state index contributed by atoms with van der Waals surface area (Å²) in [6, 6.07) is 0. The normalized spacial score (nSPS) is 12.0. The molecule has 0 fully saturated rings. The minimum atomic E-state index is -3.09. The molecule has 0 rings (SSSR count). The van der Waals surface area contributed by atoms with Crippen molar-refractivity contribution < 1.29 is 30.0 Å². The molecule has 0 amide bonds. The summed E-state index contributed by atoms with van der Waals surface area (Å²) in [5, 5.41) is 0. The van der Waals surface area contributed by atoms with Crippen molar-refractivity contribution in [3.8, 4) is 0 Å². The summed E-state index contributed by atoms with van der Waals surface area (Å²) in [7, 11) is 5.20. The Morgan fingerprint density at radius 1 is 0.440 bits per heavy atom. The molecule has 0 aromatic rings. The van der Waals surface area contributed by atoms with E-state index in [4.69, 9.17) is 8.44 Å². The molecule has 0 aromatic heterocycles. The molecule has 0 N–H and O–H groups in total. The van der Waals surface area contributed by atoms with E-state index in [0.29, 0.717) is 0 Å². The third kappa shape index (κ3) is 15.5. The quantitative estimate of drug-likeness (QED) is 0.184. The van der Waals surface area contributed by atoms with Crippen molar-refractivity contribution in [1.29, 1.82) is 0 Å². The van der Waals surface area contributed by atoms with Gasteiger partial charge < -0.3 is 0 Å². The first-order valence-corrected chi connectivity index (χ1v) is 15.6. The molecule has 0 aliphatic heterocycles. The Labute approximate surface area is 164 Å². The van der Waals surface area contributed by atoms with Gasteiger partial charge in [0.25, 0.3) is 0 Å². The van der Waals surface area contributed by atoms with Gasteiger partial charge in [-0.15, -0.1) is 0 Å². The van der Waals surface area contributed by atoms with E-state index in [9.17, 15) is 0 Å². The fourth-order valence-corrected chi connectivity index (χ4v) is 7.86. The van der Waals surface area contributed by atoms with Gasteiger partial charge in [-0.05, 0) is 0 Å². The van der Waals surface area contributed by atoms with Crippen molar-refractivity contribution in [1.82, 2.24) is 0 Å². The summed E-state index contributed by atoms with van der Waals surface area (Å²) in [6.07, 6.45) is 22.4. The Kier molecular flexibility index (Phi) is 20.1. The molecule has 25 heavy (non-hydrogen) atoms. The van der Waals surface area contributed by atoms with Crippen LogP contribution in [0.3, 0.4) is 0 Å². The molecule has 0 bridgehead atoms. The molecule has 0 atom stereocenters. The molecule has 4 heteroatoms. The molecule has 0 saturated carbocycles. The first kappa shape index (κ1) is 25.8. The van der Waals surface area contributed by atoms with Gasteiger partial charge in [-0.3, -0.25) is 0 Å². The van der Waals surface area contributed by atoms with Gasteiger partial charge >= 0.3 is 126 Å². The van der Waals surface area contributed by atoms with E-state index in [0.717, 1.165) is 4.13 Å². The van der Waals surface area contributed by atoms with E-state index < -0.39 is 21.6 Å². The molecule has 0 heterocycles. The summed E-state index contributed by atoms with van der Waals surface area (Å²) >= 11 is -3.09. The van der Waals surface area contributed by atoms with Crippen molar-refractivity contribution in [2.24, 2.45) is 0 Å². The molecule has 0 spiro atoms. The zero-order valence-corrected chi connectivity index (χ0v) is 20.2. The van der Waals surface area contributed by atoms with Gasteiger partial charge in [-0.2, -0.15) is 0 Å². The van der Waals surface area contributed by atoms with Crippen LogP contribution in [0.5, 0.6) is 0 Å². The van der Waals surface area contributed by atoms with Crippen LogP contribution in [0.15, 0.2) is 0 Å². The third-order valence-electron chi connectivity index (χ3n) is 5.27. The van der Waals surface area contributed by atoms with Gasteiger partial charge in [0.15, 0.2) is 0 Å². The molecule has 0 unspecified atom stereocenters. The van der Waals surface area contributed by atoms with Crippen LogP contribution in [-0.2, 0) is 30.0 Å². The van der Waals surface area contributed by atoms with Crippen LogP contribution in [0.4, 0.5) is 0 Å². The predicted octanol–water partition coefficient (Wildman–Crippen LogP) is 7.50. The second-order valence-corrected chi connectivity index (χ2v) is 14.9. The van der Waals surface area contributed by atoms with Crippen LogP contribution in [0.25, 0.3) is 0 Å². The number of hydrogen-bond donors (Lipinski definition) is 0. The summed E-state index contributed by atoms with van der Waals surface area (Å²) in [5.41, 5.74) is 0. The van der Waals surface area contributed by atoms with E-state index in [1.807, 2.05) is 0 Å². The van der Waals surface area contributed by atoms with Gasteiger partial charge in [0.1, 0.15) is 0 Å². The number of unbranched alkanes of at least 4 members (excludes halogenated alkanes) is 15. The van der Waals surface area contributed by atoms with Gasteiger partial charge in [-0.1, -0.05) is 39.0 Å². The van der Waals surface area contributed by atoms with Crippen LogP contribution in [0.2, 0.25) is 4.13 Å². The van der Waals surface area contributed by atoms with E-state index in [1.54, 1.807) is 21.3 Å². The second kappa shape index (κ2) is 19.5. The first-order valence-electron chi connectivity index (χ1n) is 10.9. The van der Waals surface area contributed by atoms with Gasteiger partial charge in [0.05, 0.1) is 0 Å². The molecule has 0 saturated heterocycles. The van der Waals surface area contributed by atoms with Crippen LogP contribution < -0.4 is 0 Å².